The summed E-state index contributed by atoms with van der Waals surface area (Å²) in [6.07, 6.45) is -0.863. The Kier molecular flexibility index (Phi) is 5.26. The summed E-state index contributed by atoms with van der Waals surface area (Å²) in [5.41, 5.74) is 0. The summed E-state index contributed by atoms with van der Waals surface area (Å²) in [7, 11) is -3.70. The van der Waals surface area contributed by atoms with Gasteiger partial charge in [0.1, 0.15) is 0 Å². The second kappa shape index (κ2) is 6.62. The molecule has 2 rings (SSSR count). The van der Waals surface area contributed by atoms with Gasteiger partial charge >= 0.3 is 5.97 Å². The van der Waals surface area contributed by atoms with Gasteiger partial charge in [0.05, 0.1) is 29.0 Å². The van der Waals surface area contributed by atoms with Crippen LogP contribution in [0, 0.1) is 0 Å². The molecule has 1 aromatic carbocycles. The third-order valence-corrected chi connectivity index (χ3v) is 6.11. The van der Waals surface area contributed by atoms with Crippen molar-refractivity contribution in [1.82, 2.24) is 4.31 Å². The first-order valence-electron chi connectivity index (χ1n) is 6.09. The molecule has 21 heavy (non-hydrogen) atoms. The number of aliphatic carboxylic acids is 1. The third-order valence-electron chi connectivity index (χ3n) is 3.03. The highest BCUT2D eigenvalue weighted by atomic mass is 79.9. The largest absolute Gasteiger partial charge is 0.481 e. The Morgan fingerprint density at radius 2 is 2.24 bits per heavy atom. The summed E-state index contributed by atoms with van der Waals surface area (Å²) in [6, 6.07) is 4.34. The number of morpholine rings is 1. The molecule has 0 amide bonds. The first-order valence-corrected chi connectivity index (χ1v) is 8.70. The van der Waals surface area contributed by atoms with Gasteiger partial charge in [-0.1, -0.05) is 11.6 Å². The Morgan fingerprint density at radius 3 is 2.86 bits per heavy atom. The fourth-order valence-electron chi connectivity index (χ4n) is 2.02. The Balaban J connectivity index is 2.22. The Bertz CT molecular complexity index is 651. The molecule has 1 unspecified atom stereocenters. The molecule has 1 saturated heterocycles. The van der Waals surface area contributed by atoms with Gasteiger partial charge in [0.15, 0.2) is 0 Å². The smallest absolute Gasteiger partial charge is 0.306 e. The Morgan fingerprint density at radius 1 is 1.52 bits per heavy atom. The Labute approximate surface area is 135 Å². The van der Waals surface area contributed by atoms with E-state index in [1.54, 1.807) is 0 Å². The molecule has 1 N–H and O–H groups in total. The molecule has 1 aliphatic rings. The second-order valence-electron chi connectivity index (χ2n) is 4.53. The molecule has 1 aliphatic heterocycles. The van der Waals surface area contributed by atoms with Gasteiger partial charge in [-0.2, -0.15) is 4.31 Å². The summed E-state index contributed by atoms with van der Waals surface area (Å²) in [6.45, 7) is 0.388. The maximum atomic E-state index is 12.5. The van der Waals surface area contributed by atoms with Crippen LogP contribution in [0.4, 0.5) is 0 Å². The number of ether oxygens (including phenoxy) is 1. The van der Waals surface area contributed by atoms with E-state index in [1.165, 1.54) is 22.5 Å². The lowest BCUT2D eigenvalue weighted by molar-refractivity contribution is -0.141. The van der Waals surface area contributed by atoms with Crippen LogP contribution in [0.5, 0.6) is 0 Å². The average molecular weight is 399 g/mol. The first kappa shape index (κ1) is 16.7. The third kappa shape index (κ3) is 3.95. The van der Waals surface area contributed by atoms with Crippen molar-refractivity contribution in [3.05, 3.63) is 27.7 Å². The maximum absolute atomic E-state index is 12.5. The second-order valence-corrected chi connectivity index (χ2v) is 7.73. The number of carboxylic acid groups (broad SMARTS) is 1. The van der Waals surface area contributed by atoms with E-state index in [-0.39, 0.29) is 31.0 Å². The number of halogens is 2. The summed E-state index contributed by atoms with van der Waals surface area (Å²) in [4.78, 5) is 10.8. The predicted molar refractivity (Wildman–Crippen MR) is 79.9 cm³/mol. The standard InChI is InChI=1S/C12H13BrClNO5S/c13-10-6-9(1-2-11(10)14)21(18,19)15-3-4-20-8(7-15)5-12(16)17/h1-2,6,8H,3-5,7H2,(H,16,17). The van der Waals surface area contributed by atoms with Crippen molar-refractivity contribution >= 4 is 43.5 Å². The van der Waals surface area contributed by atoms with E-state index in [2.05, 4.69) is 15.9 Å². The summed E-state index contributed by atoms with van der Waals surface area (Å²) in [5, 5.41) is 9.19. The van der Waals surface area contributed by atoms with Crippen LogP contribution in [0.2, 0.25) is 5.02 Å². The molecule has 0 aromatic heterocycles. The van der Waals surface area contributed by atoms with Gasteiger partial charge in [0, 0.05) is 17.6 Å². The molecule has 1 fully saturated rings. The number of sulfonamides is 1. The van der Waals surface area contributed by atoms with Gasteiger partial charge in [0.25, 0.3) is 0 Å². The number of hydrogen-bond donors (Lipinski definition) is 1. The van der Waals surface area contributed by atoms with Crippen molar-refractivity contribution in [3.63, 3.8) is 0 Å². The Hall–Kier alpha value is -0.670. The van der Waals surface area contributed by atoms with Crippen molar-refractivity contribution in [3.8, 4) is 0 Å². The molecule has 1 atom stereocenters. The SMILES string of the molecule is O=C(O)CC1CN(S(=O)(=O)c2ccc(Cl)c(Br)c2)CCO1. The van der Waals surface area contributed by atoms with Crippen molar-refractivity contribution in [2.24, 2.45) is 0 Å². The lowest BCUT2D eigenvalue weighted by Crippen LogP contribution is -2.46. The van der Waals surface area contributed by atoms with Crippen LogP contribution in [0.1, 0.15) is 6.42 Å². The molecular weight excluding hydrogens is 386 g/mol. The molecule has 1 heterocycles. The number of rotatable bonds is 4. The molecule has 0 spiro atoms. The van der Waals surface area contributed by atoms with Gasteiger partial charge in [-0.3, -0.25) is 4.79 Å². The summed E-state index contributed by atoms with van der Waals surface area (Å²) >= 11 is 9.05. The van der Waals surface area contributed by atoms with E-state index in [0.717, 1.165) is 0 Å². The van der Waals surface area contributed by atoms with Crippen molar-refractivity contribution in [2.45, 2.75) is 17.4 Å². The highest BCUT2D eigenvalue weighted by molar-refractivity contribution is 9.10. The normalized spacial score (nSPS) is 20.4. The van der Waals surface area contributed by atoms with Gasteiger partial charge < -0.3 is 9.84 Å². The van der Waals surface area contributed by atoms with E-state index in [9.17, 15) is 13.2 Å². The van der Waals surface area contributed by atoms with E-state index in [0.29, 0.717) is 9.50 Å². The van der Waals surface area contributed by atoms with Crippen LogP contribution in [-0.2, 0) is 19.6 Å². The minimum absolute atomic E-state index is 0.0227. The van der Waals surface area contributed by atoms with E-state index >= 15 is 0 Å². The molecule has 0 aliphatic carbocycles. The minimum atomic E-state index is -3.70. The first-order chi connectivity index (χ1) is 9.80. The quantitative estimate of drug-likeness (QED) is 0.838. The molecule has 0 bridgehead atoms. The average Bonchev–Trinajstić information content (AvgIpc) is 2.41. The highest BCUT2D eigenvalue weighted by Gasteiger charge is 2.31. The summed E-state index contributed by atoms with van der Waals surface area (Å²) < 4.78 is 32.1. The molecule has 1 aromatic rings. The van der Waals surface area contributed by atoms with Crippen LogP contribution >= 0.6 is 27.5 Å². The zero-order chi connectivity index (χ0) is 15.6. The maximum Gasteiger partial charge on any atom is 0.306 e. The van der Waals surface area contributed by atoms with E-state index < -0.39 is 22.1 Å². The minimum Gasteiger partial charge on any atom is -0.481 e. The van der Waals surface area contributed by atoms with Gasteiger partial charge in [-0.05, 0) is 34.1 Å². The number of hydrogen-bond acceptors (Lipinski definition) is 4. The molecular formula is C12H13BrClNO5S. The number of carbonyl (C=O) groups is 1. The molecule has 6 nitrogen and oxygen atoms in total. The van der Waals surface area contributed by atoms with E-state index in [1.807, 2.05) is 0 Å². The zero-order valence-corrected chi connectivity index (χ0v) is 14.0. The highest BCUT2D eigenvalue weighted by Crippen LogP contribution is 2.27. The van der Waals surface area contributed by atoms with Crippen LogP contribution in [0.25, 0.3) is 0 Å². The number of carboxylic acids is 1. The van der Waals surface area contributed by atoms with Gasteiger partial charge in [-0.25, -0.2) is 8.42 Å². The fourth-order valence-corrected chi connectivity index (χ4v) is 4.15. The van der Waals surface area contributed by atoms with E-state index in [4.69, 9.17) is 21.4 Å². The fraction of sp³-hybridized carbons (Fsp3) is 0.417. The van der Waals surface area contributed by atoms with Gasteiger partial charge in [-0.15, -0.1) is 0 Å². The lowest BCUT2D eigenvalue weighted by atomic mass is 10.2. The van der Waals surface area contributed by atoms with Gasteiger partial charge in [0.2, 0.25) is 10.0 Å². The topological polar surface area (TPSA) is 83.9 Å². The zero-order valence-electron chi connectivity index (χ0n) is 10.8. The number of nitrogens with zero attached hydrogens (tertiary/aromatic N) is 1. The lowest BCUT2D eigenvalue weighted by Gasteiger charge is -2.31. The molecule has 9 heteroatoms. The molecule has 0 saturated carbocycles. The van der Waals surface area contributed by atoms with Crippen molar-refractivity contribution < 1.29 is 23.1 Å². The van der Waals surface area contributed by atoms with Crippen molar-refractivity contribution in [1.29, 1.82) is 0 Å². The van der Waals surface area contributed by atoms with Crippen LogP contribution in [-0.4, -0.2) is 49.6 Å². The molecule has 116 valence electrons. The monoisotopic (exact) mass is 397 g/mol. The van der Waals surface area contributed by atoms with Crippen LogP contribution in [0.3, 0.4) is 0 Å². The predicted octanol–water partition coefficient (Wildman–Crippen LogP) is 1.97. The molecule has 0 radical (unpaired) electrons. The van der Waals surface area contributed by atoms with Crippen LogP contribution < -0.4 is 0 Å². The van der Waals surface area contributed by atoms with Crippen LogP contribution in [0.15, 0.2) is 27.6 Å². The number of benzene rings is 1. The summed E-state index contributed by atoms with van der Waals surface area (Å²) in [5.74, 6) is -1.02. The van der Waals surface area contributed by atoms with Crippen molar-refractivity contribution in [2.75, 3.05) is 19.7 Å².